The number of aryl methyl sites for hydroxylation is 1. The average Bonchev–Trinajstić information content (AvgIpc) is 2.84. The summed E-state index contributed by atoms with van der Waals surface area (Å²) in [5.74, 6) is -0.127. The molecule has 0 spiro atoms. The average molecular weight is 225 g/mol. The van der Waals surface area contributed by atoms with Gasteiger partial charge >= 0.3 is 0 Å². The summed E-state index contributed by atoms with van der Waals surface area (Å²) in [5, 5.41) is 6.97. The van der Waals surface area contributed by atoms with E-state index in [1.165, 1.54) is 0 Å². The van der Waals surface area contributed by atoms with Gasteiger partial charge in [-0.15, -0.1) is 0 Å². The molecule has 0 saturated carbocycles. The number of anilines is 1. The van der Waals surface area contributed by atoms with Crippen LogP contribution in [-0.4, -0.2) is 35.0 Å². The summed E-state index contributed by atoms with van der Waals surface area (Å²) in [6.45, 7) is 2.24. The smallest absolute Gasteiger partial charge is 0.256 e. The van der Waals surface area contributed by atoms with Gasteiger partial charge in [0.05, 0.1) is 18.4 Å². The molecule has 16 heavy (non-hydrogen) atoms. The van der Waals surface area contributed by atoms with Crippen LogP contribution in [0, 0.1) is 0 Å². The zero-order valence-corrected chi connectivity index (χ0v) is 9.56. The van der Waals surface area contributed by atoms with Crippen molar-refractivity contribution in [3.63, 3.8) is 0 Å². The van der Waals surface area contributed by atoms with E-state index >= 15 is 0 Å². The number of nitrogens with zero attached hydrogens (tertiary/aromatic N) is 2. The molecule has 1 amide bonds. The van der Waals surface area contributed by atoms with Gasteiger partial charge in [0.1, 0.15) is 5.69 Å². The van der Waals surface area contributed by atoms with Crippen molar-refractivity contribution in [2.24, 2.45) is 7.05 Å². The van der Waals surface area contributed by atoms with Crippen LogP contribution in [0.3, 0.4) is 0 Å². The number of amides is 1. The van der Waals surface area contributed by atoms with Gasteiger partial charge in [0.2, 0.25) is 0 Å². The summed E-state index contributed by atoms with van der Waals surface area (Å²) < 4.78 is 11.7. The van der Waals surface area contributed by atoms with Crippen molar-refractivity contribution in [3.8, 4) is 0 Å². The molecule has 0 aromatic carbocycles. The normalized spacial score (nSPS) is 23.2. The topological polar surface area (TPSA) is 68.7 Å². The van der Waals surface area contributed by atoms with E-state index in [0.29, 0.717) is 18.0 Å². The van der Waals surface area contributed by atoms with Crippen LogP contribution in [0.2, 0.25) is 0 Å². The Kier molecular flexibility index (Phi) is 2.93. The first kappa shape index (κ1) is 11.1. The quantitative estimate of drug-likeness (QED) is 0.748. The van der Waals surface area contributed by atoms with Gasteiger partial charge in [0.15, 0.2) is 6.10 Å². The zero-order chi connectivity index (χ0) is 11.7. The van der Waals surface area contributed by atoms with E-state index in [0.717, 1.165) is 0 Å². The number of carbonyl (C=O) groups is 1. The van der Waals surface area contributed by atoms with Crippen LogP contribution in [0.5, 0.6) is 0 Å². The monoisotopic (exact) mass is 225 g/mol. The lowest BCUT2D eigenvalue weighted by Crippen LogP contribution is -2.19. The summed E-state index contributed by atoms with van der Waals surface area (Å²) >= 11 is 0. The molecular weight excluding hydrogens is 210 g/mol. The van der Waals surface area contributed by atoms with Gasteiger partial charge in [-0.2, -0.15) is 5.10 Å². The fourth-order valence-electron chi connectivity index (χ4n) is 1.55. The van der Waals surface area contributed by atoms with Crippen molar-refractivity contribution in [2.75, 3.05) is 12.4 Å². The van der Waals surface area contributed by atoms with Crippen LogP contribution in [0.1, 0.15) is 12.6 Å². The number of methoxy groups -OCH3 is 1. The third-order valence-corrected chi connectivity index (χ3v) is 2.41. The molecule has 1 aliphatic rings. The number of aromatic nitrogens is 2. The molecule has 1 N–H and O–H groups in total. The van der Waals surface area contributed by atoms with Crippen LogP contribution in [0.25, 0.3) is 0 Å². The van der Waals surface area contributed by atoms with E-state index in [4.69, 9.17) is 9.47 Å². The highest BCUT2D eigenvalue weighted by Crippen LogP contribution is 2.23. The molecule has 0 aliphatic carbocycles. The van der Waals surface area contributed by atoms with Gasteiger partial charge in [-0.3, -0.25) is 9.48 Å². The maximum Gasteiger partial charge on any atom is 0.256 e. The largest absolute Gasteiger partial charge is 0.378 e. The Morgan fingerprint density at radius 1 is 1.75 bits per heavy atom. The van der Waals surface area contributed by atoms with Crippen molar-refractivity contribution in [3.05, 3.63) is 11.9 Å². The van der Waals surface area contributed by atoms with Gasteiger partial charge in [0, 0.05) is 20.4 Å². The molecule has 1 saturated heterocycles. The first-order valence-electron chi connectivity index (χ1n) is 5.09. The van der Waals surface area contributed by atoms with Crippen LogP contribution in [-0.2, 0) is 27.9 Å². The lowest BCUT2D eigenvalue weighted by molar-refractivity contribution is -0.117. The minimum absolute atomic E-state index is 0.0162. The number of rotatable bonds is 4. The molecular formula is C10H15N3O3. The van der Waals surface area contributed by atoms with Gasteiger partial charge in [-0.25, -0.2) is 0 Å². The summed E-state index contributed by atoms with van der Waals surface area (Å²) in [6, 6.07) is 0. The molecule has 1 aromatic heterocycles. The van der Waals surface area contributed by atoms with E-state index in [1.807, 2.05) is 6.92 Å². The lowest BCUT2D eigenvalue weighted by Gasteiger charge is -2.02. The van der Waals surface area contributed by atoms with Crippen LogP contribution >= 0.6 is 0 Å². The minimum atomic E-state index is -0.324. The van der Waals surface area contributed by atoms with Gasteiger partial charge < -0.3 is 14.8 Å². The highest BCUT2D eigenvalue weighted by atomic mass is 16.6. The molecule has 2 atom stereocenters. The van der Waals surface area contributed by atoms with Crippen LogP contribution in [0.15, 0.2) is 6.20 Å². The molecule has 0 radical (unpaired) electrons. The molecule has 2 heterocycles. The molecule has 0 bridgehead atoms. The van der Waals surface area contributed by atoms with E-state index in [2.05, 4.69) is 10.4 Å². The highest BCUT2D eigenvalue weighted by Gasteiger charge is 2.41. The molecule has 1 fully saturated rings. The Hall–Kier alpha value is -1.40. The molecule has 6 heteroatoms. The summed E-state index contributed by atoms with van der Waals surface area (Å²) in [7, 11) is 3.39. The number of hydrogen-bond donors (Lipinski definition) is 1. The number of epoxide rings is 1. The first-order chi connectivity index (χ1) is 7.61. The predicted molar refractivity (Wildman–Crippen MR) is 56.9 cm³/mol. The van der Waals surface area contributed by atoms with Crippen molar-refractivity contribution in [1.82, 2.24) is 9.78 Å². The standard InChI is InChI=1S/C10H15N3O3/c1-6-9(16-6)10(14)11-7-4-13(2)12-8(7)5-15-3/h4,6,9H,5H2,1-3H3,(H,11,14)/t6-,9+/m0/s1. The number of ether oxygens (including phenoxy) is 2. The van der Waals surface area contributed by atoms with E-state index in [-0.39, 0.29) is 18.1 Å². The molecule has 0 unspecified atom stereocenters. The van der Waals surface area contributed by atoms with Crippen molar-refractivity contribution in [1.29, 1.82) is 0 Å². The third-order valence-electron chi connectivity index (χ3n) is 2.41. The van der Waals surface area contributed by atoms with E-state index in [9.17, 15) is 4.79 Å². The molecule has 88 valence electrons. The lowest BCUT2D eigenvalue weighted by atomic mass is 10.3. The van der Waals surface area contributed by atoms with Crippen LogP contribution in [0.4, 0.5) is 5.69 Å². The SMILES string of the molecule is COCc1nn(C)cc1NC(=O)[C@@H]1O[C@H]1C. The molecule has 2 rings (SSSR count). The van der Waals surface area contributed by atoms with Gasteiger partial charge in [-0.1, -0.05) is 0 Å². The van der Waals surface area contributed by atoms with Crippen LogP contribution < -0.4 is 5.32 Å². The Morgan fingerprint density at radius 3 is 3.00 bits per heavy atom. The van der Waals surface area contributed by atoms with Crippen molar-refractivity contribution >= 4 is 11.6 Å². The summed E-state index contributed by atoms with van der Waals surface area (Å²) in [4.78, 5) is 11.6. The number of carbonyl (C=O) groups excluding carboxylic acids is 1. The fourth-order valence-corrected chi connectivity index (χ4v) is 1.55. The minimum Gasteiger partial charge on any atom is -0.378 e. The highest BCUT2D eigenvalue weighted by molar-refractivity contribution is 5.96. The maximum absolute atomic E-state index is 11.6. The van der Waals surface area contributed by atoms with Crippen molar-refractivity contribution in [2.45, 2.75) is 25.7 Å². The molecule has 1 aromatic rings. The Bertz CT molecular complexity index is 402. The second kappa shape index (κ2) is 4.23. The second-order valence-electron chi connectivity index (χ2n) is 3.85. The summed E-state index contributed by atoms with van der Waals surface area (Å²) in [6.07, 6.45) is 1.44. The van der Waals surface area contributed by atoms with Crippen molar-refractivity contribution < 1.29 is 14.3 Å². The Morgan fingerprint density at radius 2 is 2.44 bits per heavy atom. The first-order valence-corrected chi connectivity index (χ1v) is 5.09. The third kappa shape index (κ3) is 2.23. The Labute approximate surface area is 93.5 Å². The number of nitrogens with one attached hydrogen (secondary N) is 1. The Balaban J connectivity index is 2.05. The second-order valence-corrected chi connectivity index (χ2v) is 3.85. The zero-order valence-electron chi connectivity index (χ0n) is 9.56. The van der Waals surface area contributed by atoms with E-state index in [1.54, 1.807) is 25.0 Å². The molecule has 1 aliphatic heterocycles. The number of hydrogen-bond acceptors (Lipinski definition) is 4. The fraction of sp³-hybridized carbons (Fsp3) is 0.600. The molecule has 6 nitrogen and oxygen atoms in total. The maximum atomic E-state index is 11.6. The van der Waals surface area contributed by atoms with E-state index < -0.39 is 0 Å². The van der Waals surface area contributed by atoms with Gasteiger partial charge in [0.25, 0.3) is 5.91 Å². The van der Waals surface area contributed by atoms with Gasteiger partial charge in [-0.05, 0) is 6.92 Å². The predicted octanol–water partition coefficient (Wildman–Crippen LogP) is 0.292. The summed E-state index contributed by atoms with van der Waals surface area (Å²) in [5.41, 5.74) is 1.39.